The van der Waals surface area contributed by atoms with Crippen molar-refractivity contribution < 1.29 is 9.59 Å². The van der Waals surface area contributed by atoms with E-state index in [1.54, 1.807) is 18.2 Å². The third kappa shape index (κ3) is 5.77. The van der Waals surface area contributed by atoms with Crippen LogP contribution in [0.3, 0.4) is 0 Å². The first-order valence-electron chi connectivity index (χ1n) is 9.86. The van der Waals surface area contributed by atoms with Gasteiger partial charge in [-0.3, -0.25) is 9.59 Å². The number of nitrogens with zero attached hydrogens (tertiary/aromatic N) is 3. The number of carbonyl (C=O) groups is 2. The molecule has 0 spiro atoms. The molecule has 2 aromatic rings. The van der Waals surface area contributed by atoms with Crippen LogP contribution in [0, 0.1) is 0 Å². The highest BCUT2D eigenvalue weighted by molar-refractivity contribution is 6.04. The molecule has 0 atom stereocenters. The van der Waals surface area contributed by atoms with Crippen molar-refractivity contribution in [3.8, 4) is 0 Å². The number of piperazine rings is 1. The molecule has 1 aromatic carbocycles. The maximum Gasteiger partial charge on any atom is 0.274 e. The quantitative estimate of drug-likeness (QED) is 0.832. The van der Waals surface area contributed by atoms with E-state index < -0.39 is 0 Å². The fraction of sp³-hybridized carbons (Fsp3) is 0.409. The van der Waals surface area contributed by atoms with Crippen LogP contribution in [0.15, 0.2) is 42.5 Å². The fourth-order valence-corrected chi connectivity index (χ4v) is 3.11. The van der Waals surface area contributed by atoms with E-state index in [1.165, 1.54) is 0 Å². The second kappa shape index (κ2) is 8.61. The Hall–Kier alpha value is -2.93. The summed E-state index contributed by atoms with van der Waals surface area (Å²) in [5.74, 6) is -0.647. The average Bonchev–Trinajstić information content (AvgIpc) is 2.68. The molecule has 29 heavy (non-hydrogen) atoms. The summed E-state index contributed by atoms with van der Waals surface area (Å²) in [5, 5.41) is 5.70. The van der Waals surface area contributed by atoms with Crippen molar-refractivity contribution >= 4 is 23.2 Å². The Balaban J connectivity index is 1.64. The number of nitrogens with one attached hydrogen (secondary N) is 2. The lowest BCUT2D eigenvalue weighted by Crippen LogP contribution is -2.44. The van der Waals surface area contributed by atoms with Gasteiger partial charge in [0, 0.05) is 43.1 Å². The molecule has 1 aromatic heterocycles. The molecule has 3 rings (SSSR count). The van der Waals surface area contributed by atoms with Crippen molar-refractivity contribution in [2.75, 3.05) is 43.4 Å². The molecule has 7 nitrogen and oxygen atoms in total. The number of likely N-dealkylation sites (N-methyl/N-ethyl adjacent to an activating group) is 1. The zero-order valence-electron chi connectivity index (χ0n) is 17.5. The summed E-state index contributed by atoms with van der Waals surface area (Å²) in [6.07, 6.45) is 0. The van der Waals surface area contributed by atoms with Crippen molar-refractivity contribution in [2.45, 2.75) is 26.3 Å². The maximum atomic E-state index is 12.6. The summed E-state index contributed by atoms with van der Waals surface area (Å²) in [6, 6.07) is 12.7. The Kier molecular flexibility index (Phi) is 6.17. The maximum absolute atomic E-state index is 12.6. The highest BCUT2D eigenvalue weighted by Crippen LogP contribution is 2.19. The molecular formula is C22H29N5O2. The lowest BCUT2D eigenvalue weighted by molar-refractivity contribution is 0.0914. The zero-order valence-corrected chi connectivity index (χ0v) is 17.5. The first-order chi connectivity index (χ1) is 13.7. The molecular weight excluding hydrogens is 366 g/mol. The second-order valence-electron chi connectivity index (χ2n) is 8.40. The lowest BCUT2D eigenvalue weighted by Gasteiger charge is -2.34. The standard InChI is InChI=1S/C22H29N5O2/c1-22(2,3)25-21(29)19-7-5-6-18(24-19)20(28)23-16-8-10-17(11-9-16)27-14-12-26(4)13-15-27/h5-11H,12-15H2,1-4H3,(H,23,28)(H,25,29). The first kappa shape index (κ1) is 20.8. The summed E-state index contributed by atoms with van der Waals surface area (Å²) in [7, 11) is 2.13. The Morgan fingerprint density at radius 1 is 0.897 bits per heavy atom. The number of benzene rings is 1. The number of amides is 2. The molecule has 154 valence electrons. The topological polar surface area (TPSA) is 77.6 Å². The number of anilines is 2. The molecule has 1 aliphatic rings. The van der Waals surface area contributed by atoms with Crippen LogP contribution in [-0.2, 0) is 0 Å². The van der Waals surface area contributed by atoms with Gasteiger partial charge in [-0.05, 0) is 64.2 Å². The number of aromatic nitrogens is 1. The van der Waals surface area contributed by atoms with Gasteiger partial charge in [0.25, 0.3) is 11.8 Å². The zero-order chi connectivity index (χ0) is 21.0. The van der Waals surface area contributed by atoms with Gasteiger partial charge in [0.15, 0.2) is 0 Å². The largest absolute Gasteiger partial charge is 0.369 e. The van der Waals surface area contributed by atoms with Crippen LogP contribution < -0.4 is 15.5 Å². The lowest BCUT2D eigenvalue weighted by atomic mass is 10.1. The molecule has 1 fully saturated rings. The van der Waals surface area contributed by atoms with Gasteiger partial charge in [0.05, 0.1) is 0 Å². The van der Waals surface area contributed by atoms with Gasteiger partial charge in [-0.15, -0.1) is 0 Å². The van der Waals surface area contributed by atoms with E-state index in [9.17, 15) is 9.59 Å². The summed E-state index contributed by atoms with van der Waals surface area (Å²) in [5.41, 5.74) is 1.89. The summed E-state index contributed by atoms with van der Waals surface area (Å²) in [6.45, 7) is 9.77. The smallest absolute Gasteiger partial charge is 0.274 e. The third-order valence-corrected chi connectivity index (χ3v) is 4.70. The molecule has 0 aliphatic carbocycles. The molecule has 1 aliphatic heterocycles. The van der Waals surface area contributed by atoms with E-state index in [1.807, 2.05) is 45.0 Å². The number of carbonyl (C=O) groups excluding carboxylic acids is 2. The van der Waals surface area contributed by atoms with Gasteiger partial charge >= 0.3 is 0 Å². The Morgan fingerprint density at radius 2 is 1.48 bits per heavy atom. The fourth-order valence-electron chi connectivity index (χ4n) is 3.11. The summed E-state index contributed by atoms with van der Waals surface area (Å²) < 4.78 is 0. The molecule has 2 heterocycles. The van der Waals surface area contributed by atoms with Crippen LogP contribution >= 0.6 is 0 Å². The van der Waals surface area contributed by atoms with Crippen LogP contribution in [0.1, 0.15) is 41.7 Å². The van der Waals surface area contributed by atoms with E-state index in [2.05, 4.69) is 32.5 Å². The SMILES string of the molecule is CN1CCN(c2ccc(NC(=O)c3cccc(C(=O)NC(C)(C)C)n3)cc2)CC1. The third-order valence-electron chi connectivity index (χ3n) is 4.70. The Bertz CT molecular complexity index is 866. The van der Waals surface area contributed by atoms with Gasteiger partial charge in [0.2, 0.25) is 0 Å². The number of hydrogen-bond acceptors (Lipinski definition) is 5. The minimum atomic E-state index is -0.372. The summed E-state index contributed by atoms with van der Waals surface area (Å²) >= 11 is 0. The molecule has 2 amide bonds. The van der Waals surface area contributed by atoms with Gasteiger partial charge < -0.3 is 20.4 Å². The molecule has 0 saturated carbocycles. The Labute approximate surface area is 172 Å². The van der Waals surface area contributed by atoms with Crippen molar-refractivity contribution in [1.82, 2.24) is 15.2 Å². The highest BCUT2D eigenvalue weighted by Gasteiger charge is 2.18. The number of rotatable bonds is 4. The molecule has 0 unspecified atom stereocenters. The molecule has 0 radical (unpaired) electrons. The van der Waals surface area contributed by atoms with Crippen molar-refractivity contribution in [1.29, 1.82) is 0 Å². The van der Waals surface area contributed by atoms with E-state index in [4.69, 9.17) is 0 Å². The average molecular weight is 396 g/mol. The van der Waals surface area contributed by atoms with Crippen molar-refractivity contribution in [3.63, 3.8) is 0 Å². The van der Waals surface area contributed by atoms with E-state index >= 15 is 0 Å². The predicted octanol–water partition coefficient (Wildman–Crippen LogP) is 2.61. The van der Waals surface area contributed by atoms with Crippen LogP contribution in [0.5, 0.6) is 0 Å². The van der Waals surface area contributed by atoms with Gasteiger partial charge in [-0.2, -0.15) is 0 Å². The highest BCUT2D eigenvalue weighted by atomic mass is 16.2. The number of pyridine rings is 1. The van der Waals surface area contributed by atoms with Crippen LogP contribution in [0.25, 0.3) is 0 Å². The van der Waals surface area contributed by atoms with Gasteiger partial charge in [0.1, 0.15) is 11.4 Å². The van der Waals surface area contributed by atoms with Crippen molar-refractivity contribution in [3.05, 3.63) is 53.9 Å². The normalized spacial score (nSPS) is 15.1. The Morgan fingerprint density at radius 3 is 2.07 bits per heavy atom. The van der Waals surface area contributed by atoms with Crippen molar-refractivity contribution in [2.24, 2.45) is 0 Å². The van der Waals surface area contributed by atoms with E-state index in [-0.39, 0.29) is 28.7 Å². The predicted molar refractivity (Wildman–Crippen MR) is 116 cm³/mol. The van der Waals surface area contributed by atoms with Crippen LogP contribution in [0.4, 0.5) is 11.4 Å². The minimum absolute atomic E-state index is 0.203. The first-order valence-corrected chi connectivity index (χ1v) is 9.86. The van der Waals surface area contributed by atoms with E-state index in [0.29, 0.717) is 5.69 Å². The minimum Gasteiger partial charge on any atom is -0.369 e. The molecule has 0 bridgehead atoms. The van der Waals surface area contributed by atoms with Crippen LogP contribution in [-0.4, -0.2) is 60.5 Å². The number of hydrogen-bond donors (Lipinski definition) is 2. The van der Waals surface area contributed by atoms with Crippen LogP contribution in [0.2, 0.25) is 0 Å². The molecule has 2 N–H and O–H groups in total. The second-order valence-corrected chi connectivity index (χ2v) is 8.40. The van der Waals surface area contributed by atoms with Gasteiger partial charge in [-0.25, -0.2) is 4.98 Å². The van der Waals surface area contributed by atoms with Gasteiger partial charge in [-0.1, -0.05) is 6.07 Å². The van der Waals surface area contributed by atoms with E-state index in [0.717, 1.165) is 31.9 Å². The molecule has 7 heteroatoms. The summed E-state index contributed by atoms with van der Waals surface area (Å²) in [4.78, 5) is 33.7. The monoisotopic (exact) mass is 395 g/mol. The molecule has 1 saturated heterocycles.